The van der Waals surface area contributed by atoms with Crippen LogP contribution in [0.5, 0.6) is 0 Å². The molecule has 1 saturated heterocycles. The van der Waals surface area contributed by atoms with Crippen molar-refractivity contribution in [2.45, 2.75) is 65.1 Å². The van der Waals surface area contributed by atoms with Crippen molar-refractivity contribution >= 4 is 23.5 Å². The highest BCUT2D eigenvalue weighted by atomic mass is 32.1. The molecule has 1 aliphatic rings. The number of nitrogens with one attached hydrogen (secondary N) is 1. The second-order valence-electron chi connectivity index (χ2n) is 7.04. The van der Waals surface area contributed by atoms with Crippen LogP contribution in [0.2, 0.25) is 0 Å². The average Bonchev–Trinajstić information content (AvgIpc) is 2.82. The Morgan fingerprint density at radius 1 is 1.43 bits per heavy atom. The Balaban J connectivity index is 1.90. The third-order valence-electron chi connectivity index (χ3n) is 3.70. The van der Waals surface area contributed by atoms with E-state index in [1.807, 2.05) is 45.6 Å². The van der Waals surface area contributed by atoms with Gasteiger partial charge in [0.2, 0.25) is 0 Å². The number of carbonyl (C=O) groups is 2. The van der Waals surface area contributed by atoms with E-state index in [1.54, 1.807) is 0 Å². The summed E-state index contributed by atoms with van der Waals surface area (Å²) in [6.45, 7) is 10.1. The number of ether oxygens (including phenoxy) is 1. The third kappa shape index (κ3) is 4.92. The lowest BCUT2D eigenvalue weighted by Gasteiger charge is -2.37. The minimum absolute atomic E-state index is 0.0288. The smallest absolute Gasteiger partial charge is 0.407 e. The zero-order valence-corrected chi connectivity index (χ0v) is 15.2. The van der Waals surface area contributed by atoms with Crippen LogP contribution < -0.4 is 5.32 Å². The Morgan fingerprint density at radius 3 is 2.65 bits per heavy atom. The summed E-state index contributed by atoms with van der Waals surface area (Å²) < 4.78 is 9.48. The van der Waals surface area contributed by atoms with E-state index in [0.717, 1.165) is 11.3 Å². The van der Waals surface area contributed by atoms with E-state index in [9.17, 15) is 9.59 Å². The van der Waals surface area contributed by atoms with Crippen LogP contribution in [0.15, 0.2) is 6.07 Å². The van der Waals surface area contributed by atoms with E-state index in [0.29, 0.717) is 18.7 Å². The van der Waals surface area contributed by atoms with Crippen molar-refractivity contribution < 1.29 is 14.3 Å². The molecule has 0 bridgehead atoms. The van der Waals surface area contributed by atoms with E-state index in [1.165, 1.54) is 11.5 Å². The van der Waals surface area contributed by atoms with Crippen molar-refractivity contribution in [1.29, 1.82) is 0 Å². The maximum absolute atomic E-state index is 12.5. The van der Waals surface area contributed by atoms with Gasteiger partial charge in [0.1, 0.15) is 11.3 Å². The number of hydrogen-bond acceptors (Lipinski definition) is 5. The molecule has 1 N–H and O–H groups in total. The standard InChI is InChI=1S/C16H25N3O3S/c1-10-8-12(17-15(21)22-16(3,4)5)6-7-19(10)14(20)13-9-11(2)23-18-13/h9-10,12H,6-8H2,1-5H3,(H,17,21). The summed E-state index contributed by atoms with van der Waals surface area (Å²) in [5, 5.41) is 2.90. The first-order chi connectivity index (χ1) is 10.7. The predicted molar refractivity (Wildman–Crippen MR) is 89.7 cm³/mol. The summed E-state index contributed by atoms with van der Waals surface area (Å²) in [6.07, 6.45) is 1.04. The van der Waals surface area contributed by atoms with E-state index < -0.39 is 11.7 Å². The number of piperidine rings is 1. The first-order valence-corrected chi connectivity index (χ1v) is 8.67. The quantitative estimate of drug-likeness (QED) is 0.899. The lowest BCUT2D eigenvalue weighted by atomic mass is 9.98. The summed E-state index contributed by atoms with van der Waals surface area (Å²) in [7, 11) is 0. The molecule has 2 heterocycles. The zero-order chi connectivity index (χ0) is 17.2. The Morgan fingerprint density at radius 2 is 2.13 bits per heavy atom. The molecule has 0 radical (unpaired) electrons. The van der Waals surface area contributed by atoms with Crippen LogP contribution in [0.4, 0.5) is 4.79 Å². The molecule has 2 atom stereocenters. The van der Waals surface area contributed by atoms with E-state index in [2.05, 4.69) is 9.69 Å². The van der Waals surface area contributed by atoms with Gasteiger partial charge in [-0.15, -0.1) is 0 Å². The normalized spacial score (nSPS) is 21.9. The second-order valence-corrected chi connectivity index (χ2v) is 8.05. The number of aryl methyl sites for hydroxylation is 1. The van der Waals surface area contributed by atoms with Crippen LogP contribution in [-0.2, 0) is 4.74 Å². The van der Waals surface area contributed by atoms with Crippen molar-refractivity contribution in [3.63, 3.8) is 0 Å². The first kappa shape index (κ1) is 17.7. The van der Waals surface area contributed by atoms with Gasteiger partial charge in [0, 0.05) is 23.5 Å². The topological polar surface area (TPSA) is 71.5 Å². The molecule has 0 aromatic carbocycles. The number of hydrogen-bond donors (Lipinski definition) is 1. The number of carbonyl (C=O) groups excluding carboxylic acids is 2. The molecule has 7 heteroatoms. The first-order valence-electron chi connectivity index (χ1n) is 7.89. The molecule has 1 aromatic rings. The Hall–Kier alpha value is -1.63. The molecule has 23 heavy (non-hydrogen) atoms. The highest BCUT2D eigenvalue weighted by Crippen LogP contribution is 2.21. The molecule has 128 valence electrons. The molecule has 1 aliphatic heterocycles. The molecule has 1 fully saturated rings. The van der Waals surface area contributed by atoms with Gasteiger partial charge in [-0.2, -0.15) is 4.37 Å². The van der Waals surface area contributed by atoms with Crippen LogP contribution in [0, 0.1) is 6.92 Å². The Bertz CT molecular complexity index is 579. The van der Waals surface area contributed by atoms with Crippen LogP contribution in [-0.4, -0.2) is 45.5 Å². The molecule has 0 saturated carbocycles. The van der Waals surface area contributed by atoms with Crippen LogP contribution >= 0.6 is 11.5 Å². The summed E-state index contributed by atoms with van der Waals surface area (Å²) in [5.41, 5.74) is 0.00683. The van der Waals surface area contributed by atoms with Crippen molar-refractivity contribution in [3.8, 4) is 0 Å². The predicted octanol–water partition coefficient (Wildman–Crippen LogP) is 2.97. The SMILES string of the molecule is Cc1cc(C(=O)N2CCC(NC(=O)OC(C)(C)C)CC2C)ns1. The van der Waals surface area contributed by atoms with Crippen molar-refractivity contribution in [2.24, 2.45) is 0 Å². The largest absolute Gasteiger partial charge is 0.444 e. The average molecular weight is 339 g/mol. The number of nitrogens with zero attached hydrogens (tertiary/aromatic N) is 2. The fourth-order valence-corrected chi connectivity index (χ4v) is 3.23. The van der Waals surface area contributed by atoms with E-state index in [4.69, 9.17) is 4.74 Å². The lowest BCUT2D eigenvalue weighted by Crippen LogP contribution is -2.51. The molecular weight excluding hydrogens is 314 g/mol. The van der Waals surface area contributed by atoms with Gasteiger partial charge < -0.3 is 15.0 Å². The van der Waals surface area contributed by atoms with Crippen molar-refractivity contribution in [3.05, 3.63) is 16.6 Å². The minimum atomic E-state index is -0.505. The molecule has 0 aliphatic carbocycles. The molecule has 2 rings (SSSR count). The fourth-order valence-electron chi connectivity index (χ4n) is 2.69. The highest BCUT2D eigenvalue weighted by Gasteiger charge is 2.31. The molecule has 2 unspecified atom stereocenters. The highest BCUT2D eigenvalue weighted by molar-refractivity contribution is 7.05. The number of aromatic nitrogens is 1. The summed E-state index contributed by atoms with van der Waals surface area (Å²) in [5.74, 6) is -0.0300. The monoisotopic (exact) mass is 339 g/mol. The van der Waals surface area contributed by atoms with Crippen LogP contribution in [0.3, 0.4) is 0 Å². The number of likely N-dealkylation sites (tertiary alicyclic amines) is 1. The third-order valence-corrected chi connectivity index (χ3v) is 4.40. The summed E-state index contributed by atoms with van der Waals surface area (Å²) in [6, 6.07) is 1.91. The van der Waals surface area contributed by atoms with Crippen molar-refractivity contribution in [2.75, 3.05) is 6.54 Å². The molecular formula is C16H25N3O3S. The number of amides is 2. The van der Waals surface area contributed by atoms with Crippen LogP contribution in [0.1, 0.15) is 55.9 Å². The maximum atomic E-state index is 12.5. The van der Waals surface area contributed by atoms with Gasteiger partial charge in [-0.05, 0) is 65.1 Å². The van der Waals surface area contributed by atoms with E-state index in [-0.39, 0.29) is 18.0 Å². The van der Waals surface area contributed by atoms with Crippen LogP contribution in [0.25, 0.3) is 0 Å². The lowest BCUT2D eigenvalue weighted by molar-refractivity contribution is 0.0439. The summed E-state index contributed by atoms with van der Waals surface area (Å²) >= 11 is 1.34. The van der Waals surface area contributed by atoms with Gasteiger partial charge in [-0.1, -0.05) is 0 Å². The molecule has 1 aromatic heterocycles. The van der Waals surface area contributed by atoms with Crippen molar-refractivity contribution in [1.82, 2.24) is 14.6 Å². The van der Waals surface area contributed by atoms with Gasteiger partial charge >= 0.3 is 6.09 Å². The zero-order valence-electron chi connectivity index (χ0n) is 14.4. The fraction of sp³-hybridized carbons (Fsp3) is 0.688. The van der Waals surface area contributed by atoms with E-state index >= 15 is 0 Å². The molecule has 6 nitrogen and oxygen atoms in total. The second kappa shape index (κ2) is 6.86. The summed E-state index contributed by atoms with van der Waals surface area (Å²) in [4.78, 5) is 27.2. The Labute approximate surface area is 141 Å². The molecule has 0 spiro atoms. The minimum Gasteiger partial charge on any atom is -0.444 e. The van der Waals surface area contributed by atoms with Gasteiger partial charge in [0.05, 0.1) is 0 Å². The maximum Gasteiger partial charge on any atom is 0.407 e. The number of alkyl carbamates (subject to hydrolysis) is 1. The number of rotatable bonds is 2. The van der Waals surface area contributed by atoms with Gasteiger partial charge in [-0.25, -0.2) is 4.79 Å². The molecule has 2 amide bonds. The van der Waals surface area contributed by atoms with Gasteiger partial charge in [-0.3, -0.25) is 4.79 Å². The van der Waals surface area contributed by atoms with Gasteiger partial charge in [0.15, 0.2) is 0 Å². The van der Waals surface area contributed by atoms with Gasteiger partial charge in [0.25, 0.3) is 5.91 Å². The Kier molecular flexibility index (Phi) is 5.29.